The van der Waals surface area contributed by atoms with Crippen molar-refractivity contribution >= 4 is 5.69 Å². The van der Waals surface area contributed by atoms with Gasteiger partial charge in [0.25, 0.3) is 0 Å². The summed E-state index contributed by atoms with van der Waals surface area (Å²) >= 11 is 0. The van der Waals surface area contributed by atoms with Gasteiger partial charge in [-0.25, -0.2) is 0 Å². The van der Waals surface area contributed by atoms with Gasteiger partial charge in [0.05, 0.1) is 24.4 Å². The minimum atomic E-state index is -0.227. The van der Waals surface area contributed by atoms with Crippen LogP contribution < -0.4 is 10.1 Å². The summed E-state index contributed by atoms with van der Waals surface area (Å²) in [6, 6.07) is 8.05. The number of aliphatic hydroxyl groups excluding tert-OH is 1. The van der Waals surface area contributed by atoms with Gasteiger partial charge >= 0.3 is 0 Å². The second-order valence-electron chi connectivity index (χ2n) is 4.18. The highest BCUT2D eigenvalue weighted by Gasteiger charge is 2.25. The van der Waals surface area contributed by atoms with Crippen molar-refractivity contribution in [1.82, 2.24) is 0 Å². The topological polar surface area (TPSA) is 41.5 Å². The number of ether oxygens (including phenoxy) is 1. The maximum Gasteiger partial charge on any atom is 0.142 e. The van der Waals surface area contributed by atoms with Crippen LogP contribution in [0.3, 0.4) is 0 Å². The molecule has 0 spiro atoms. The van der Waals surface area contributed by atoms with E-state index in [1.54, 1.807) is 0 Å². The number of hydrogen-bond donors (Lipinski definition) is 2. The molecular formula is C13H19NO2. The van der Waals surface area contributed by atoms with Gasteiger partial charge in [-0.05, 0) is 38.3 Å². The van der Waals surface area contributed by atoms with Gasteiger partial charge in [-0.15, -0.1) is 0 Å². The monoisotopic (exact) mass is 221 g/mol. The van der Waals surface area contributed by atoms with Gasteiger partial charge in [0.15, 0.2) is 0 Å². The lowest BCUT2D eigenvalue weighted by molar-refractivity contribution is 0.171. The number of rotatable bonds is 4. The van der Waals surface area contributed by atoms with E-state index in [0.29, 0.717) is 6.61 Å². The van der Waals surface area contributed by atoms with Gasteiger partial charge in [-0.2, -0.15) is 0 Å². The molecule has 0 aliphatic heterocycles. The Labute approximate surface area is 96.4 Å². The Morgan fingerprint density at radius 2 is 2.19 bits per heavy atom. The van der Waals surface area contributed by atoms with Crippen LogP contribution in [0.2, 0.25) is 0 Å². The fourth-order valence-electron chi connectivity index (χ4n) is 2.18. The minimum absolute atomic E-state index is 0.168. The van der Waals surface area contributed by atoms with Gasteiger partial charge in [0.1, 0.15) is 5.75 Å². The fourth-order valence-corrected chi connectivity index (χ4v) is 2.18. The molecule has 1 aromatic rings. The number of aliphatic hydroxyl groups is 1. The van der Waals surface area contributed by atoms with E-state index in [1.165, 1.54) is 0 Å². The van der Waals surface area contributed by atoms with Gasteiger partial charge in [-0.3, -0.25) is 0 Å². The van der Waals surface area contributed by atoms with E-state index in [0.717, 1.165) is 30.7 Å². The van der Waals surface area contributed by atoms with Crippen molar-refractivity contribution in [2.75, 3.05) is 11.9 Å². The van der Waals surface area contributed by atoms with Crippen molar-refractivity contribution in [3.05, 3.63) is 24.3 Å². The quantitative estimate of drug-likeness (QED) is 0.820. The van der Waals surface area contributed by atoms with E-state index in [9.17, 15) is 5.11 Å². The maximum absolute atomic E-state index is 9.77. The molecule has 3 nitrogen and oxygen atoms in total. The number of para-hydroxylation sites is 2. The molecule has 3 heteroatoms. The molecule has 0 aromatic heterocycles. The van der Waals surface area contributed by atoms with Crippen molar-refractivity contribution < 1.29 is 9.84 Å². The van der Waals surface area contributed by atoms with Crippen LogP contribution in [0.5, 0.6) is 5.75 Å². The highest BCUT2D eigenvalue weighted by Crippen LogP contribution is 2.28. The SMILES string of the molecule is CCOc1ccccc1N[C@@H]1CCC[C@H]1O. The molecule has 0 amide bonds. The molecule has 0 heterocycles. The van der Waals surface area contributed by atoms with Crippen LogP contribution in [0.25, 0.3) is 0 Å². The molecule has 1 aliphatic carbocycles. The lowest BCUT2D eigenvalue weighted by Gasteiger charge is -2.19. The van der Waals surface area contributed by atoms with Crippen LogP contribution in [-0.2, 0) is 0 Å². The van der Waals surface area contributed by atoms with E-state index < -0.39 is 0 Å². The summed E-state index contributed by atoms with van der Waals surface area (Å²) in [6.45, 7) is 2.63. The molecule has 1 saturated carbocycles. The molecule has 1 fully saturated rings. The van der Waals surface area contributed by atoms with Crippen molar-refractivity contribution in [3.63, 3.8) is 0 Å². The molecule has 2 atom stereocenters. The van der Waals surface area contributed by atoms with Crippen molar-refractivity contribution in [3.8, 4) is 5.75 Å². The summed E-state index contributed by atoms with van der Waals surface area (Å²) in [4.78, 5) is 0. The first-order valence-electron chi connectivity index (χ1n) is 5.97. The Balaban J connectivity index is 2.07. The molecule has 2 rings (SSSR count). The summed E-state index contributed by atoms with van der Waals surface area (Å²) in [6.07, 6.45) is 2.79. The van der Waals surface area contributed by atoms with E-state index in [4.69, 9.17) is 4.74 Å². The van der Waals surface area contributed by atoms with Crippen LogP contribution >= 0.6 is 0 Å². The molecule has 0 saturated heterocycles. The van der Waals surface area contributed by atoms with Crippen molar-refractivity contribution in [2.24, 2.45) is 0 Å². The average Bonchev–Trinajstić information content (AvgIpc) is 2.68. The second kappa shape index (κ2) is 5.21. The largest absolute Gasteiger partial charge is 0.492 e. The summed E-state index contributed by atoms with van der Waals surface area (Å²) in [5, 5.41) is 13.1. The van der Waals surface area contributed by atoms with Crippen LogP contribution in [0.4, 0.5) is 5.69 Å². The zero-order chi connectivity index (χ0) is 11.4. The Kier molecular flexibility index (Phi) is 3.67. The predicted molar refractivity (Wildman–Crippen MR) is 64.9 cm³/mol. The summed E-state index contributed by atoms with van der Waals surface area (Å²) < 4.78 is 5.54. The zero-order valence-electron chi connectivity index (χ0n) is 9.65. The second-order valence-corrected chi connectivity index (χ2v) is 4.18. The molecule has 0 radical (unpaired) electrons. The fraction of sp³-hybridized carbons (Fsp3) is 0.538. The molecule has 16 heavy (non-hydrogen) atoms. The molecule has 1 aliphatic rings. The zero-order valence-corrected chi connectivity index (χ0v) is 9.65. The first-order chi connectivity index (χ1) is 7.81. The Morgan fingerprint density at radius 1 is 1.38 bits per heavy atom. The standard InChI is InChI=1S/C13H19NO2/c1-2-16-13-9-4-3-6-11(13)14-10-7-5-8-12(10)15/h3-4,6,9-10,12,14-15H,2,5,7-8H2,1H3/t10-,12-/m1/s1. The van der Waals surface area contributed by atoms with Crippen LogP contribution in [0.15, 0.2) is 24.3 Å². The number of hydrogen-bond acceptors (Lipinski definition) is 3. The average molecular weight is 221 g/mol. The smallest absolute Gasteiger partial charge is 0.142 e. The third-order valence-corrected chi connectivity index (χ3v) is 3.01. The Hall–Kier alpha value is -1.22. The summed E-state index contributed by atoms with van der Waals surface area (Å²) in [5.41, 5.74) is 0.982. The molecular weight excluding hydrogens is 202 g/mol. The maximum atomic E-state index is 9.77. The summed E-state index contributed by atoms with van der Waals surface area (Å²) in [5.74, 6) is 0.865. The first kappa shape index (κ1) is 11.3. The Bertz CT molecular complexity index is 340. The lowest BCUT2D eigenvalue weighted by atomic mass is 10.2. The summed E-state index contributed by atoms with van der Waals surface area (Å²) in [7, 11) is 0. The van der Waals surface area contributed by atoms with Gasteiger partial charge in [0.2, 0.25) is 0 Å². The van der Waals surface area contributed by atoms with Crippen molar-refractivity contribution in [1.29, 1.82) is 0 Å². The molecule has 0 unspecified atom stereocenters. The number of anilines is 1. The van der Waals surface area contributed by atoms with Crippen molar-refractivity contribution in [2.45, 2.75) is 38.3 Å². The third-order valence-electron chi connectivity index (χ3n) is 3.01. The molecule has 88 valence electrons. The highest BCUT2D eigenvalue weighted by atomic mass is 16.5. The van der Waals surface area contributed by atoms with E-state index in [1.807, 2.05) is 31.2 Å². The first-order valence-corrected chi connectivity index (χ1v) is 5.97. The number of benzene rings is 1. The molecule has 1 aromatic carbocycles. The highest BCUT2D eigenvalue weighted by molar-refractivity contribution is 5.57. The van der Waals surface area contributed by atoms with Gasteiger partial charge in [-0.1, -0.05) is 12.1 Å². The van der Waals surface area contributed by atoms with Gasteiger partial charge < -0.3 is 15.2 Å². The predicted octanol–water partition coefficient (Wildman–Crippen LogP) is 2.41. The Morgan fingerprint density at radius 3 is 2.88 bits per heavy atom. The number of nitrogens with one attached hydrogen (secondary N) is 1. The molecule has 0 bridgehead atoms. The lowest BCUT2D eigenvalue weighted by Crippen LogP contribution is -2.28. The van der Waals surface area contributed by atoms with Gasteiger partial charge in [0, 0.05) is 0 Å². The van der Waals surface area contributed by atoms with E-state index in [2.05, 4.69) is 5.32 Å². The van der Waals surface area contributed by atoms with Crippen LogP contribution in [0.1, 0.15) is 26.2 Å². The van der Waals surface area contributed by atoms with E-state index in [-0.39, 0.29) is 12.1 Å². The van der Waals surface area contributed by atoms with E-state index >= 15 is 0 Å². The minimum Gasteiger partial charge on any atom is -0.492 e. The van der Waals surface area contributed by atoms with Crippen LogP contribution in [-0.4, -0.2) is 23.9 Å². The third kappa shape index (κ3) is 2.47. The molecule has 2 N–H and O–H groups in total. The van der Waals surface area contributed by atoms with Crippen LogP contribution in [0, 0.1) is 0 Å². The normalized spacial score (nSPS) is 24.4.